The van der Waals surface area contributed by atoms with E-state index in [2.05, 4.69) is 19.1 Å². The Balaban J connectivity index is 2.35. The van der Waals surface area contributed by atoms with E-state index < -0.39 is 6.10 Å². The maximum Gasteiger partial charge on any atom is 0.0861 e. The van der Waals surface area contributed by atoms with E-state index in [9.17, 15) is 0 Å². The van der Waals surface area contributed by atoms with Crippen LogP contribution in [-0.2, 0) is 5.75 Å². The lowest BCUT2D eigenvalue weighted by molar-refractivity contribution is 0.113. The summed E-state index contributed by atoms with van der Waals surface area (Å²) in [5.41, 5.74) is 2.57. The van der Waals surface area contributed by atoms with Crippen molar-refractivity contribution in [3.63, 3.8) is 0 Å². The third-order valence-electron chi connectivity index (χ3n) is 2.04. The summed E-state index contributed by atoms with van der Waals surface area (Å²) in [6.45, 7) is 1.93. The summed E-state index contributed by atoms with van der Waals surface area (Å²) >= 11 is 1.64. The van der Waals surface area contributed by atoms with E-state index in [0.29, 0.717) is 5.75 Å². The Kier molecular flexibility index (Phi) is 5.01. The lowest BCUT2D eigenvalue weighted by Gasteiger charge is -2.08. The minimum atomic E-state index is -0.594. The summed E-state index contributed by atoms with van der Waals surface area (Å²) in [6.07, 6.45) is -0.594. The molecule has 0 aliphatic carbocycles. The van der Waals surface area contributed by atoms with Crippen LogP contribution in [0, 0.1) is 6.92 Å². The quantitative estimate of drug-likeness (QED) is 0.778. The molecule has 0 aliphatic heterocycles. The van der Waals surface area contributed by atoms with E-state index in [4.69, 9.17) is 10.2 Å². The Labute approximate surface area is 89.0 Å². The third-order valence-corrected chi connectivity index (χ3v) is 3.18. The van der Waals surface area contributed by atoms with Crippen molar-refractivity contribution in [1.29, 1.82) is 0 Å². The molecule has 0 spiro atoms. The Morgan fingerprint density at radius 3 is 2.71 bits per heavy atom. The van der Waals surface area contributed by atoms with Crippen molar-refractivity contribution in [1.82, 2.24) is 0 Å². The van der Waals surface area contributed by atoms with E-state index in [1.807, 2.05) is 12.1 Å². The van der Waals surface area contributed by atoms with Crippen LogP contribution in [0.1, 0.15) is 11.1 Å². The van der Waals surface area contributed by atoms with Crippen LogP contribution in [0.25, 0.3) is 0 Å². The molecule has 0 radical (unpaired) electrons. The van der Waals surface area contributed by atoms with Gasteiger partial charge in [0.2, 0.25) is 0 Å². The monoisotopic (exact) mass is 212 g/mol. The van der Waals surface area contributed by atoms with E-state index in [0.717, 1.165) is 5.75 Å². The highest BCUT2D eigenvalue weighted by atomic mass is 32.2. The first-order valence-electron chi connectivity index (χ1n) is 4.65. The van der Waals surface area contributed by atoms with Gasteiger partial charge in [-0.1, -0.05) is 24.3 Å². The Morgan fingerprint density at radius 1 is 1.36 bits per heavy atom. The lowest BCUT2D eigenvalue weighted by Crippen LogP contribution is -2.14. The molecular weight excluding hydrogens is 196 g/mol. The van der Waals surface area contributed by atoms with Crippen LogP contribution in [0.15, 0.2) is 24.3 Å². The zero-order valence-corrected chi connectivity index (χ0v) is 9.13. The van der Waals surface area contributed by atoms with Gasteiger partial charge in [0, 0.05) is 11.5 Å². The van der Waals surface area contributed by atoms with Gasteiger partial charge in [0.15, 0.2) is 0 Å². The van der Waals surface area contributed by atoms with Gasteiger partial charge in [0.25, 0.3) is 0 Å². The molecule has 2 N–H and O–H groups in total. The second kappa shape index (κ2) is 6.06. The van der Waals surface area contributed by atoms with Crippen LogP contribution < -0.4 is 0 Å². The Bertz CT molecular complexity index is 276. The standard InChI is InChI=1S/C11H16O2S/c1-9-4-2-3-5-10(9)7-14-8-11(13)6-12/h2-5,11-13H,6-8H2,1H3. The van der Waals surface area contributed by atoms with Gasteiger partial charge in [-0.3, -0.25) is 0 Å². The molecule has 0 aromatic heterocycles. The first-order chi connectivity index (χ1) is 6.74. The second-order valence-electron chi connectivity index (χ2n) is 3.28. The van der Waals surface area contributed by atoms with Crippen molar-refractivity contribution in [3.05, 3.63) is 35.4 Å². The molecule has 2 nitrogen and oxygen atoms in total. The van der Waals surface area contributed by atoms with Gasteiger partial charge in [0.05, 0.1) is 12.7 Å². The summed E-state index contributed by atoms with van der Waals surface area (Å²) in [7, 11) is 0. The second-order valence-corrected chi connectivity index (χ2v) is 4.31. The number of aryl methyl sites for hydroxylation is 1. The number of rotatable bonds is 5. The maximum absolute atomic E-state index is 9.13. The van der Waals surface area contributed by atoms with Crippen molar-refractivity contribution < 1.29 is 10.2 Å². The van der Waals surface area contributed by atoms with Crippen LogP contribution in [0.3, 0.4) is 0 Å². The molecule has 0 amide bonds. The van der Waals surface area contributed by atoms with Crippen molar-refractivity contribution in [2.75, 3.05) is 12.4 Å². The molecule has 0 heterocycles. The van der Waals surface area contributed by atoms with E-state index in [1.54, 1.807) is 11.8 Å². The topological polar surface area (TPSA) is 40.5 Å². The molecule has 0 aliphatic rings. The molecule has 0 bridgehead atoms. The normalized spacial score (nSPS) is 12.8. The molecule has 0 saturated heterocycles. The average Bonchev–Trinajstić information content (AvgIpc) is 2.20. The summed E-state index contributed by atoms with van der Waals surface area (Å²) < 4.78 is 0. The maximum atomic E-state index is 9.13. The summed E-state index contributed by atoms with van der Waals surface area (Å²) in [5, 5.41) is 17.8. The largest absolute Gasteiger partial charge is 0.394 e. The molecule has 3 heteroatoms. The number of thioether (sulfide) groups is 1. The van der Waals surface area contributed by atoms with Crippen molar-refractivity contribution >= 4 is 11.8 Å². The van der Waals surface area contributed by atoms with Crippen molar-refractivity contribution in [2.45, 2.75) is 18.8 Å². The minimum Gasteiger partial charge on any atom is -0.394 e. The summed E-state index contributed by atoms with van der Waals surface area (Å²) in [4.78, 5) is 0. The molecule has 78 valence electrons. The van der Waals surface area contributed by atoms with Gasteiger partial charge in [0.1, 0.15) is 0 Å². The van der Waals surface area contributed by atoms with E-state index in [1.165, 1.54) is 11.1 Å². The SMILES string of the molecule is Cc1ccccc1CSCC(O)CO. The van der Waals surface area contributed by atoms with Crippen molar-refractivity contribution in [2.24, 2.45) is 0 Å². The van der Waals surface area contributed by atoms with Gasteiger partial charge >= 0.3 is 0 Å². The van der Waals surface area contributed by atoms with Crippen LogP contribution >= 0.6 is 11.8 Å². The Hall–Kier alpha value is -0.510. The highest BCUT2D eigenvalue weighted by Crippen LogP contribution is 2.16. The smallest absolute Gasteiger partial charge is 0.0861 e. The first kappa shape index (κ1) is 11.6. The van der Waals surface area contributed by atoms with Gasteiger partial charge < -0.3 is 10.2 Å². The zero-order valence-electron chi connectivity index (χ0n) is 8.31. The van der Waals surface area contributed by atoms with Crippen LogP contribution in [0.5, 0.6) is 0 Å². The molecule has 0 saturated carbocycles. The van der Waals surface area contributed by atoms with Gasteiger partial charge in [-0.15, -0.1) is 0 Å². The molecular formula is C11H16O2S. The number of hydrogen-bond acceptors (Lipinski definition) is 3. The summed E-state index contributed by atoms with van der Waals surface area (Å²) in [6, 6.07) is 8.21. The number of aliphatic hydroxyl groups excluding tert-OH is 2. The molecule has 1 atom stereocenters. The van der Waals surface area contributed by atoms with Gasteiger partial charge in [-0.25, -0.2) is 0 Å². The predicted octanol–water partition coefficient (Wildman–Crippen LogP) is 1.58. The molecule has 1 rings (SSSR count). The van der Waals surface area contributed by atoms with E-state index >= 15 is 0 Å². The molecule has 1 aromatic rings. The highest BCUT2D eigenvalue weighted by molar-refractivity contribution is 7.98. The first-order valence-corrected chi connectivity index (χ1v) is 5.80. The molecule has 0 fully saturated rings. The van der Waals surface area contributed by atoms with Crippen molar-refractivity contribution in [3.8, 4) is 0 Å². The fourth-order valence-electron chi connectivity index (χ4n) is 1.13. The predicted molar refractivity (Wildman–Crippen MR) is 60.4 cm³/mol. The molecule has 1 unspecified atom stereocenters. The molecule has 14 heavy (non-hydrogen) atoms. The number of benzene rings is 1. The molecule has 1 aromatic carbocycles. The fraction of sp³-hybridized carbons (Fsp3) is 0.455. The van der Waals surface area contributed by atoms with Gasteiger partial charge in [-0.05, 0) is 18.1 Å². The number of hydrogen-bond donors (Lipinski definition) is 2. The minimum absolute atomic E-state index is 0.152. The average molecular weight is 212 g/mol. The van der Waals surface area contributed by atoms with Crippen LogP contribution in [0.2, 0.25) is 0 Å². The summed E-state index contributed by atoms with van der Waals surface area (Å²) in [5.74, 6) is 1.48. The number of aliphatic hydroxyl groups is 2. The highest BCUT2D eigenvalue weighted by Gasteiger charge is 2.02. The van der Waals surface area contributed by atoms with Crippen LogP contribution in [-0.4, -0.2) is 28.7 Å². The zero-order chi connectivity index (χ0) is 10.4. The van der Waals surface area contributed by atoms with Crippen LogP contribution in [0.4, 0.5) is 0 Å². The van der Waals surface area contributed by atoms with Gasteiger partial charge in [-0.2, -0.15) is 11.8 Å². The fourth-order valence-corrected chi connectivity index (χ4v) is 2.17. The Morgan fingerprint density at radius 2 is 2.07 bits per heavy atom. The lowest BCUT2D eigenvalue weighted by atomic mass is 10.1. The van der Waals surface area contributed by atoms with E-state index in [-0.39, 0.29) is 6.61 Å². The third kappa shape index (κ3) is 3.70.